The number of carbonyl (C=O) groups is 2. The number of halogens is 1. The predicted molar refractivity (Wildman–Crippen MR) is 118 cm³/mol. The first-order valence-electron chi connectivity index (χ1n) is 9.71. The van der Waals surface area contributed by atoms with Crippen LogP contribution in [0.5, 0.6) is 5.75 Å². The van der Waals surface area contributed by atoms with Gasteiger partial charge in [0.05, 0.1) is 38.4 Å². The SMILES string of the molecule is COC(=O)C1=CN(CCc2ccc(OC)cc2)C=C(C(=O)OC)C1c1ccccc1Cl. The highest BCUT2D eigenvalue weighted by atomic mass is 35.5. The largest absolute Gasteiger partial charge is 0.497 e. The molecule has 31 heavy (non-hydrogen) atoms. The van der Waals surface area contributed by atoms with Crippen molar-refractivity contribution in [1.82, 2.24) is 4.90 Å². The summed E-state index contributed by atoms with van der Waals surface area (Å²) in [6, 6.07) is 14.8. The molecular weight excluding hydrogens is 418 g/mol. The molecule has 0 spiro atoms. The molecule has 0 amide bonds. The maximum absolute atomic E-state index is 12.7. The van der Waals surface area contributed by atoms with Gasteiger partial charge >= 0.3 is 11.9 Å². The lowest BCUT2D eigenvalue weighted by molar-refractivity contribution is -0.137. The molecule has 162 valence electrons. The Hall–Kier alpha value is -3.25. The van der Waals surface area contributed by atoms with E-state index in [1.54, 1.807) is 48.7 Å². The Kier molecular flexibility index (Phi) is 7.36. The van der Waals surface area contributed by atoms with E-state index >= 15 is 0 Å². The predicted octanol–water partition coefficient (Wildman–Crippen LogP) is 4.10. The normalized spacial score (nSPS) is 13.9. The number of hydrogen-bond donors (Lipinski definition) is 0. The maximum Gasteiger partial charge on any atom is 0.336 e. The quantitative estimate of drug-likeness (QED) is 0.602. The molecule has 2 aromatic rings. The van der Waals surface area contributed by atoms with E-state index < -0.39 is 17.9 Å². The zero-order valence-corrected chi connectivity index (χ0v) is 18.4. The third-order valence-corrected chi connectivity index (χ3v) is 5.45. The van der Waals surface area contributed by atoms with E-state index in [4.69, 9.17) is 25.8 Å². The van der Waals surface area contributed by atoms with Gasteiger partial charge in [0, 0.05) is 24.0 Å². The van der Waals surface area contributed by atoms with E-state index in [9.17, 15) is 9.59 Å². The number of hydrogen-bond acceptors (Lipinski definition) is 6. The summed E-state index contributed by atoms with van der Waals surface area (Å²) in [4.78, 5) is 27.1. The van der Waals surface area contributed by atoms with Crippen LogP contribution in [0.4, 0.5) is 0 Å². The van der Waals surface area contributed by atoms with Gasteiger partial charge in [0.1, 0.15) is 5.75 Å². The smallest absolute Gasteiger partial charge is 0.336 e. The third kappa shape index (κ3) is 5.09. The molecule has 0 saturated heterocycles. The number of ether oxygens (including phenoxy) is 3. The van der Waals surface area contributed by atoms with Crippen LogP contribution in [0.3, 0.4) is 0 Å². The number of carbonyl (C=O) groups excluding carboxylic acids is 2. The summed E-state index contributed by atoms with van der Waals surface area (Å²) in [5.41, 5.74) is 2.35. The van der Waals surface area contributed by atoms with E-state index in [-0.39, 0.29) is 0 Å². The molecule has 2 aromatic carbocycles. The van der Waals surface area contributed by atoms with Gasteiger partial charge in [-0.05, 0) is 35.7 Å². The van der Waals surface area contributed by atoms with Gasteiger partial charge in [-0.15, -0.1) is 0 Å². The van der Waals surface area contributed by atoms with E-state index in [2.05, 4.69) is 0 Å². The van der Waals surface area contributed by atoms with Crippen LogP contribution in [-0.4, -0.2) is 44.7 Å². The molecule has 0 atom stereocenters. The van der Waals surface area contributed by atoms with Crippen molar-refractivity contribution >= 4 is 23.5 Å². The number of nitrogens with zero attached hydrogens (tertiary/aromatic N) is 1. The van der Waals surface area contributed by atoms with Crippen molar-refractivity contribution in [2.24, 2.45) is 0 Å². The van der Waals surface area contributed by atoms with E-state index in [1.807, 2.05) is 24.3 Å². The van der Waals surface area contributed by atoms with E-state index in [0.29, 0.717) is 34.7 Å². The Labute approximate surface area is 186 Å². The Balaban J connectivity index is 1.96. The number of rotatable bonds is 7. The number of benzene rings is 2. The minimum Gasteiger partial charge on any atom is -0.497 e. The minimum absolute atomic E-state index is 0.313. The molecule has 0 fully saturated rings. The van der Waals surface area contributed by atoms with Crippen molar-refractivity contribution in [3.05, 3.63) is 88.2 Å². The fraction of sp³-hybridized carbons (Fsp3) is 0.250. The Morgan fingerprint density at radius 3 is 2.00 bits per heavy atom. The van der Waals surface area contributed by atoms with Gasteiger partial charge in [-0.2, -0.15) is 0 Å². The lowest BCUT2D eigenvalue weighted by atomic mass is 9.83. The second-order valence-electron chi connectivity index (χ2n) is 6.94. The molecule has 1 aliphatic heterocycles. The highest BCUT2D eigenvalue weighted by molar-refractivity contribution is 6.31. The van der Waals surface area contributed by atoms with Gasteiger partial charge in [0.25, 0.3) is 0 Å². The van der Waals surface area contributed by atoms with Crippen LogP contribution in [0, 0.1) is 0 Å². The first-order valence-corrected chi connectivity index (χ1v) is 10.1. The van der Waals surface area contributed by atoms with Crippen LogP contribution >= 0.6 is 11.6 Å². The minimum atomic E-state index is -0.689. The topological polar surface area (TPSA) is 65.1 Å². The Morgan fingerprint density at radius 1 is 0.903 bits per heavy atom. The van der Waals surface area contributed by atoms with Gasteiger partial charge in [-0.3, -0.25) is 0 Å². The number of esters is 2. The van der Waals surface area contributed by atoms with Crippen molar-refractivity contribution in [1.29, 1.82) is 0 Å². The molecule has 1 aliphatic rings. The van der Waals surface area contributed by atoms with Crippen molar-refractivity contribution in [2.45, 2.75) is 12.3 Å². The van der Waals surface area contributed by atoms with Gasteiger partial charge in [0.2, 0.25) is 0 Å². The average Bonchev–Trinajstić information content (AvgIpc) is 2.81. The van der Waals surface area contributed by atoms with Crippen molar-refractivity contribution in [3.63, 3.8) is 0 Å². The fourth-order valence-electron chi connectivity index (χ4n) is 3.51. The fourth-order valence-corrected chi connectivity index (χ4v) is 3.76. The molecule has 0 N–H and O–H groups in total. The summed E-state index contributed by atoms with van der Waals surface area (Å²) < 4.78 is 15.2. The zero-order valence-electron chi connectivity index (χ0n) is 17.6. The highest BCUT2D eigenvalue weighted by Crippen LogP contribution is 2.39. The lowest BCUT2D eigenvalue weighted by Crippen LogP contribution is -2.29. The Morgan fingerprint density at radius 2 is 1.48 bits per heavy atom. The Bertz CT molecular complexity index is 979. The summed E-state index contributed by atoms with van der Waals surface area (Å²) in [5, 5.41) is 0.448. The molecule has 0 bridgehead atoms. The second kappa shape index (κ2) is 10.2. The summed E-state index contributed by atoms with van der Waals surface area (Å²) in [6.45, 7) is 0.544. The first-order chi connectivity index (χ1) is 15.0. The molecule has 6 nitrogen and oxygen atoms in total. The maximum atomic E-state index is 12.7. The van der Waals surface area contributed by atoms with Gasteiger partial charge in [-0.1, -0.05) is 41.9 Å². The van der Waals surface area contributed by atoms with E-state index in [0.717, 1.165) is 11.3 Å². The van der Waals surface area contributed by atoms with Crippen molar-refractivity contribution in [2.75, 3.05) is 27.9 Å². The van der Waals surface area contributed by atoms with Crippen LogP contribution in [0.15, 0.2) is 72.1 Å². The monoisotopic (exact) mass is 441 g/mol. The molecule has 0 aromatic heterocycles. The molecule has 7 heteroatoms. The van der Waals surface area contributed by atoms with Gasteiger partial charge in [-0.25, -0.2) is 9.59 Å². The molecule has 1 heterocycles. The third-order valence-electron chi connectivity index (χ3n) is 5.11. The molecule has 0 aliphatic carbocycles. The summed E-state index contributed by atoms with van der Waals surface area (Å²) in [7, 11) is 4.24. The van der Waals surface area contributed by atoms with Crippen molar-refractivity contribution in [3.8, 4) is 5.75 Å². The first kappa shape index (κ1) is 22.4. The number of methoxy groups -OCH3 is 3. The van der Waals surface area contributed by atoms with Crippen LogP contribution in [-0.2, 0) is 25.5 Å². The van der Waals surface area contributed by atoms with Crippen LogP contribution in [0.25, 0.3) is 0 Å². The van der Waals surface area contributed by atoms with Crippen LogP contribution < -0.4 is 4.74 Å². The zero-order chi connectivity index (χ0) is 22.4. The van der Waals surface area contributed by atoms with Crippen LogP contribution in [0.2, 0.25) is 5.02 Å². The van der Waals surface area contributed by atoms with Crippen LogP contribution in [0.1, 0.15) is 17.0 Å². The molecule has 0 radical (unpaired) electrons. The summed E-state index contributed by atoms with van der Waals surface area (Å²) in [6.07, 6.45) is 4.10. The summed E-state index contributed by atoms with van der Waals surface area (Å²) >= 11 is 6.40. The highest BCUT2D eigenvalue weighted by Gasteiger charge is 2.36. The standard InChI is InChI=1S/C24H24ClNO5/c1-29-17-10-8-16(9-11-17)12-13-26-14-19(23(27)30-2)22(20(15-26)24(28)31-3)18-6-4-5-7-21(18)25/h4-11,14-15,22H,12-13H2,1-3H3. The van der Waals surface area contributed by atoms with E-state index in [1.165, 1.54) is 14.2 Å². The molecule has 0 saturated carbocycles. The molecule has 3 rings (SSSR count). The second-order valence-corrected chi connectivity index (χ2v) is 7.35. The lowest BCUT2D eigenvalue weighted by Gasteiger charge is -2.30. The summed E-state index contributed by atoms with van der Waals surface area (Å²) in [5.74, 6) is -0.973. The average molecular weight is 442 g/mol. The van der Waals surface area contributed by atoms with Gasteiger partial charge in [0.15, 0.2) is 0 Å². The van der Waals surface area contributed by atoms with Crippen molar-refractivity contribution < 1.29 is 23.8 Å². The molecule has 0 unspecified atom stereocenters. The molecular formula is C24H24ClNO5. The van der Waals surface area contributed by atoms with Gasteiger partial charge < -0.3 is 19.1 Å².